The molecule has 0 bridgehead atoms. The summed E-state index contributed by atoms with van der Waals surface area (Å²) in [5, 5.41) is 6.47. The summed E-state index contributed by atoms with van der Waals surface area (Å²) in [6.07, 6.45) is 6.55. The third kappa shape index (κ3) is 7.64. The number of carbonyl (C=O) groups is 1. The number of likely N-dealkylation sites (N-methyl/N-ethyl adjacent to an activating group) is 1. The van der Waals surface area contributed by atoms with Gasteiger partial charge in [-0.2, -0.15) is 0 Å². The fourth-order valence-corrected chi connectivity index (χ4v) is 3.61. The van der Waals surface area contributed by atoms with Gasteiger partial charge in [-0.1, -0.05) is 6.92 Å². The predicted molar refractivity (Wildman–Crippen MR) is 95.6 cm³/mol. The molecule has 2 aliphatic rings. The van der Waals surface area contributed by atoms with E-state index in [4.69, 9.17) is 0 Å². The van der Waals surface area contributed by atoms with Crippen LogP contribution < -0.4 is 10.6 Å². The van der Waals surface area contributed by atoms with Crippen molar-refractivity contribution in [2.75, 3.05) is 58.9 Å². The van der Waals surface area contributed by atoms with Crippen molar-refractivity contribution in [3.8, 4) is 0 Å². The van der Waals surface area contributed by atoms with Crippen LogP contribution >= 0.6 is 0 Å². The minimum Gasteiger partial charge on any atom is -0.356 e. The molecule has 2 fully saturated rings. The molecule has 2 N–H and O–H groups in total. The molecule has 2 saturated heterocycles. The average molecular weight is 325 g/mol. The third-order valence-electron chi connectivity index (χ3n) is 5.37. The van der Waals surface area contributed by atoms with Crippen molar-refractivity contribution in [2.45, 2.75) is 45.4 Å². The van der Waals surface area contributed by atoms with E-state index in [1.807, 2.05) is 0 Å². The lowest BCUT2D eigenvalue weighted by molar-refractivity contribution is -0.121. The van der Waals surface area contributed by atoms with Gasteiger partial charge in [0, 0.05) is 39.1 Å². The van der Waals surface area contributed by atoms with E-state index in [9.17, 15) is 4.79 Å². The molecule has 0 saturated carbocycles. The summed E-state index contributed by atoms with van der Waals surface area (Å²) in [5.41, 5.74) is 0. The molecular weight excluding hydrogens is 288 g/mol. The van der Waals surface area contributed by atoms with Gasteiger partial charge in [0.1, 0.15) is 0 Å². The second kappa shape index (κ2) is 11.0. The van der Waals surface area contributed by atoms with Crippen LogP contribution in [0.25, 0.3) is 0 Å². The smallest absolute Gasteiger partial charge is 0.220 e. The molecule has 0 atom stereocenters. The van der Waals surface area contributed by atoms with E-state index in [2.05, 4.69) is 27.4 Å². The molecule has 0 unspecified atom stereocenters. The number of hydrogen-bond donors (Lipinski definition) is 2. The summed E-state index contributed by atoms with van der Waals surface area (Å²) in [7, 11) is 0. The Balaban J connectivity index is 1.42. The minimum atomic E-state index is 0.250. The number of rotatable bonds is 9. The molecule has 0 aromatic heterocycles. The first-order chi connectivity index (χ1) is 11.3. The maximum absolute atomic E-state index is 11.9. The topological polar surface area (TPSA) is 47.6 Å². The number of hydrogen-bond acceptors (Lipinski definition) is 4. The van der Waals surface area contributed by atoms with E-state index < -0.39 is 0 Å². The summed E-state index contributed by atoms with van der Waals surface area (Å²) in [4.78, 5) is 17.0. The summed E-state index contributed by atoms with van der Waals surface area (Å²) in [6, 6.07) is 0. The SMILES string of the molecule is CCN1CCN(CCCCNC(=O)CCC2CCNCC2)CC1. The third-order valence-corrected chi connectivity index (χ3v) is 5.37. The first kappa shape index (κ1) is 18.7. The molecular formula is C18H36N4O. The van der Waals surface area contributed by atoms with Gasteiger partial charge in [-0.15, -0.1) is 0 Å². The maximum Gasteiger partial charge on any atom is 0.220 e. The number of carbonyl (C=O) groups excluding carboxylic acids is 1. The molecule has 2 aliphatic heterocycles. The van der Waals surface area contributed by atoms with Gasteiger partial charge < -0.3 is 20.4 Å². The Morgan fingerprint density at radius 3 is 2.48 bits per heavy atom. The maximum atomic E-state index is 11.9. The Morgan fingerprint density at radius 1 is 1.09 bits per heavy atom. The van der Waals surface area contributed by atoms with Crippen LogP contribution in [-0.2, 0) is 4.79 Å². The van der Waals surface area contributed by atoms with Crippen LogP contribution in [0.1, 0.15) is 45.4 Å². The van der Waals surface area contributed by atoms with E-state index in [1.54, 1.807) is 0 Å². The van der Waals surface area contributed by atoms with Gasteiger partial charge >= 0.3 is 0 Å². The Bertz CT molecular complexity index is 323. The van der Waals surface area contributed by atoms with Crippen molar-refractivity contribution in [2.24, 2.45) is 5.92 Å². The summed E-state index contributed by atoms with van der Waals surface area (Å²) >= 11 is 0. The van der Waals surface area contributed by atoms with Crippen molar-refractivity contribution in [3.05, 3.63) is 0 Å². The van der Waals surface area contributed by atoms with Gasteiger partial charge in [-0.05, 0) is 64.2 Å². The normalized spacial score (nSPS) is 21.4. The highest BCUT2D eigenvalue weighted by atomic mass is 16.1. The summed E-state index contributed by atoms with van der Waals surface area (Å²) in [5.74, 6) is 1.00. The molecule has 0 spiro atoms. The number of piperidine rings is 1. The second-order valence-corrected chi connectivity index (χ2v) is 7.07. The molecule has 2 heterocycles. The lowest BCUT2D eigenvalue weighted by atomic mass is 9.93. The zero-order valence-corrected chi connectivity index (χ0v) is 15.0. The average Bonchev–Trinajstić information content (AvgIpc) is 2.61. The molecule has 134 valence electrons. The standard InChI is InChI=1S/C18H36N4O/c1-2-21-13-15-22(16-14-21)12-4-3-9-20-18(23)6-5-17-7-10-19-11-8-17/h17,19H,2-16H2,1H3,(H,20,23). The highest BCUT2D eigenvalue weighted by Crippen LogP contribution is 2.17. The Labute approximate surface area is 142 Å². The largest absolute Gasteiger partial charge is 0.356 e. The van der Waals surface area contributed by atoms with Crippen LogP contribution in [0.15, 0.2) is 0 Å². The lowest BCUT2D eigenvalue weighted by Gasteiger charge is -2.33. The number of amides is 1. The molecule has 23 heavy (non-hydrogen) atoms. The van der Waals surface area contributed by atoms with E-state index >= 15 is 0 Å². The van der Waals surface area contributed by atoms with E-state index in [-0.39, 0.29) is 5.91 Å². The van der Waals surface area contributed by atoms with Crippen molar-refractivity contribution < 1.29 is 4.79 Å². The zero-order valence-electron chi connectivity index (χ0n) is 15.0. The van der Waals surface area contributed by atoms with Gasteiger partial charge in [0.15, 0.2) is 0 Å². The molecule has 0 aromatic carbocycles. The number of unbranched alkanes of at least 4 members (excludes halogenated alkanes) is 1. The number of nitrogens with zero attached hydrogens (tertiary/aromatic N) is 2. The molecule has 5 heteroatoms. The van der Waals surface area contributed by atoms with Gasteiger partial charge in [0.25, 0.3) is 0 Å². The van der Waals surface area contributed by atoms with Gasteiger partial charge in [-0.3, -0.25) is 4.79 Å². The van der Waals surface area contributed by atoms with Crippen LogP contribution in [0.2, 0.25) is 0 Å². The Morgan fingerprint density at radius 2 is 1.78 bits per heavy atom. The second-order valence-electron chi connectivity index (χ2n) is 7.07. The van der Waals surface area contributed by atoms with Crippen LogP contribution in [0.5, 0.6) is 0 Å². The van der Waals surface area contributed by atoms with Crippen molar-refractivity contribution in [1.29, 1.82) is 0 Å². The fourth-order valence-electron chi connectivity index (χ4n) is 3.61. The minimum absolute atomic E-state index is 0.250. The van der Waals surface area contributed by atoms with Gasteiger partial charge in [0.2, 0.25) is 5.91 Å². The van der Waals surface area contributed by atoms with Gasteiger partial charge in [0.05, 0.1) is 0 Å². The molecule has 0 aromatic rings. The van der Waals surface area contributed by atoms with Crippen LogP contribution in [-0.4, -0.2) is 74.6 Å². The highest BCUT2D eigenvalue weighted by molar-refractivity contribution is 5.75. The van der Waals surface area contributed by atoms with Crippen LogP contribution in [0.3, 0.4) is 0 Å². The highest BCUT2D eigenvalue weighted by Gasteiger charge is 2.15. The molecule has 1 amide bonds. The van der Waals surface area contributed by atoms with Crippen molar-refractivity contribution >= 4 is 5.91 Å². The van der Waals surface area contributed by atoms with E-state index in [0.29, 0.717) is 6.42 Å². The Hall–Kier alpha value is -0.650. The zero-order chi connectivity index (χ0) is 16.3. The van der Waals surface area contributed by atoms with Crippen molar-refractivity contribution in [3.63, 3.8) is 0 Å². The van der Waals surface area contributed by atoms with Crippen molar-refractivity contribution in [1.82, 2.24) is 20.4 Å². The van der Waals surface area contributed by atoms with Gasteiger partial charge in [-0.25, -0.2) is 0 Å². The fraction of sp³-hybridized carbons (Fsp3) is 0.944. The van der Waals surface area contributed by atoms with E-state index in [1.165, 1.54) is 58.5 Å². The molecule has 0 aliphatic carbocycles. The van der Waals surface area contributed by atoms with Crippen LogP contribution in [0.4, 0.5) is 0 Å². The Kier molecular flexibility index (Phi) is 8.94. The number of nitrogens with one attached hydrogen (secondary N) is 2. The quantitative estimate of drug-likeness (QED) is 0.628. The summed E-state index contributed by atoms with van der Waals surface area (Å²) in [6.45, 7) is 12.5. The number of piperazine rings is 1. The summed E-state index contributed by atoms with van der Waals surface area (Å²) < 4.78 is 0. The monoisotopic (exact) mass is 324 g/mol. The predicted octanol–water partition coefficient (Wildman–Crippen LogP) is 1.30. The first-order valence-electron chi connectivity index (χ1n) is 9.70. The molecule has 5 nitrogen and oxygen atoms in total. The first-order valence-corrected chi connectivity index (χ1v) is 9.70. The van der Waals surface area contributed by atoms with E-state index in [0.717, 1.165) is 38.4 Å². The lowest BCUT2D eigenvalue weighted by Crippen LogP contribution is -2.46. The van der Waals surface area contributed by atoms with Crippen LogP contribution in [0, 0.1) is 5.92 Å². The molecule has 2 rings (SSSR count). The molecule has 0 radical (unpaired) electrons.